The fraction of sp³-hybridized carbons (Fsp3) is 0.333. The Morgan fingerprint density at radius 1 is 1.22 bits per heavy atom. The topological polar surface area (TPSA) is 54.0 Å². The molecule has 0 aliphatic heterocycles. The third-order valence-corrected chi connectivity index (χ3v) is 4.66. The number of rotatable bonds is 4. The number of hydrogen-bond donors (Lipinski definition) is 2. The van der Waals surface area contributed by atoms with Gasteiger partial charge in [0.15, 0.2) is 0 Å². The number of nitrogens with zero attached hydrogens (tertiary/aromatic N) is 1. The molecule has 1 saturated carbocycles. The molecule has 0 atom stereocenters. The van der Waals surface area contributed by atoms with E-state index in [-0.39, 0.29) is 5.91 Å². The SMILES string of the molecule is Cc1cc(Br)ccc1NC(=O)c1cncc(NC2CCCC2)c1. The molecule has 1 fully saturated rings. The second-order valence-corrected chi connectivity index (χ2v) is 6.92. The van der Waals surface area contributed by atoms with Crippen molar-refractivity contribution in [2.45, 2.75) is 38.6 Å². The van der Waals surface area contributed by atoms with Crippen LogP contribution in [0.4, 0.5) is 11.4 Å². The van der Waals surface area contributed by atoms with Crippen LogP contribution < -0.4 is 10.6 Å². The smallest absolute Gasteiger partial charge is 0.257 e. The molecule has 5 heteroatoms. The molecule has 1 amide bonds. The summed E-state index contributed by atoms with van der Waals surface area (Å²) in [5, 5.41) is 6.42. The quantitative estimate of drug-likeness (QED) is 0.811. The predicted molar refractivity (Wildman–Crippen MR) is 96.9 cm³/mol. The van der Waals surface area contributed by atoms with Crippen LogP contribution in [-0.4, -0.2) is 16.9 Å². The number of aryl methyl sites for hydroxylation is 1. The van der Waals surface area contributed by atoms with Crippen molar-refractivity contribution in [2.75, 3.05) is 10.6 Å². The van der Waals surface area contributed by atoms with E-state index in [4.69, 9.17) is 0 Å². The Morgan fingerprint density at radius 2 is 2.00 bits per heavy atom. The minimum atomic E-state index is -0.141. The number of nitrogens with one attached hydrogen (secondary N) is 2. The second-order valence-electron chi connectivity index (χ2n) is 6.00. The Hall–Kier alpha value is -1.88. The second kappa shape index (κ2) is 7.13. The number of amides is 1. The fourth-order valence-corrected chi connectivity index (χ4v) is 3.39. The molecule has 1 aliphatic carbocycles. The molecule has 0 radical (unpaired) electrons. The van der Waals surface area contributed by atoms with E-state index >= 15 is 0 Å². The third kappa shape index (κ3) is 4.10. The van der Waals surface area contributed by atoms with E-state index < -0.39 is 0 Å². The van der Waals surface area contributed by atoms with Crippen molar-refractivity contribution in [3.8, 4) is 0 Å². The third-order valence-electron chi connectivity index (χ3n) is 4.16. The molecule has 1 heterocycles. The minimum absolute atomic E-state index is 0.141. The van der Waals surface area contributed by atoms with Crippen LogP contribution >= 0.6 is 15.9 Å². The molecule has 0 bridgehead atoms. The highest BCUT2D eigenvalue weighted by Gasteiger charge is 2.15. The van der Waals surface area contributed by atoms with Crippen LogP contribution in [0.3, 0.4) is 0 Å². The van der Waals surface area contributed by atoms with E-state index in [1.165, 1.54) is 25.7 Å². The average molecular weight is 374 g/mol. The van der Waals surface area contributed by atoms with Gasteiger partial charge in [-0.05, 0) is 49.6 Å². The molecule has 23 heavy (non-hydrogen) atoms. The van der Waals surface area contributed by atoms with Crippen LogP contribution in [0.1, 0.15) is 41.6 Å². The zero-order valence-electron chi connectivity index (χ0n) is 13.1. The van der Waals surface area contributed by atoms with Gasteiger partial charge in [-0.2, -0.15) is 0 Å². The van der Waals surface area contributed by atoms with Crippen molar-refractivity contribution < 1.29 is 4.79 Å². The van der Waals surface area contributed by atoms with Gasteiger partial charge in [0, 0.05) is 28.6 Å². The molecule has 120 valence electrons. The van der Waals surface area contributed by atoms with E-state index in [0.717, 1.165) is 21.4 Å². The van der Waals surface area contributed by atoms with E-state index in [1.54, 1.807) is 12.4 Å². The molecule has 1 aromatic heterocycles. The highest BCUT2D eigenvalue weighted by molar-refractivity contribution is 9.10. The number of carbonyl (C=O) groups excluding carboxylic acids is 1. The molecular weight excluding hydrogens is 354 g/mol. The lowest BCUT2D eigenvalue weighted by Gasteiger charge is -2.14. The molecular formula is C18H20BrN3O. The molecule has 0 saturated heterocycles. The van der Waals surface area contributed by atoms with Gasteiger partial charge in [-0.1, -0.05) is 28.8 Å². The normalized spacial score (nSPS) is 14.7. The van der Waals surface area contributed by atoms with Gasteiger partial charge in [0.05, 0.1) is 11.3 Å². The summed E-state index contributed by atoms with van der Waals surface area (Å²) in [5.41, 5.74) is 3.31. The zero-order chi connectivity index (χ0) is 16.2. The van der Waals surface area contributed by atoms with Crippen molar-refractivity contribution in [1.82, 2.24) is 4.98 Å². The molecule has 0 spiro atoms. The number of pyridine rings is 1. The summed E-state index contributed by atoms with van der Waals surface area (Å²) in [6.07, 6.45) is 8.30. The van der Waals surface area contributed by atoms with E-state index in [9.17, 15) is 4.79 Å². The first-order valence-electron chi connectivity index (χ1n) is 7.91. The van der Waals surface area contributed by atoms with Crippen LogP contribution in [0.25, 0.3) is 0 Å². The molecule has 2 aromatic rings. The Balaban J connectivity index is 1.71. The van der Waals surface area contributed by atoms with Crippen LogP contribution in [0.2, 0.25) is 0 Å². The van der Waals surface area contributed by atoms with Gasteiger partial charge in [0.25, 0.3) is 5.91 Å². The zero-order valence-corrected chi connectivity index (χ0v) is 14.7. The highest BCUT2D eigenvalue weighted by Crippen LogP contribution is 2.23. The summed E-state index contributed by atoms with van der Waals surface area (Å²) in [5.74, 6) is -0.141. The number of carbonyl (C=O) groups is 1. The number of anilines is 2. The van der Waals surface area contributed by atoms with Crippen LogP contribution in [-0.2, 0) is 0 Å². The first kappa shape index (κ1) is 16.0. The molecule has 0 unspecified atom stereocenters. The number of halogens is 1. The molecule has 1 aliphatic rings. The fourth-order valence-electron chi connectivity index (χ4n) is 2.91. The van der Waals surface area contributed by atoms with Gasteiger partial charge in [-0.25, -0.2) is 0 Å². The number of benzene rings is 1. The van der Waals surface area contributed by atoms with E-state index in [1.807, 2.05) is 31.2 Å². The van der Waals surface area contributed by atoms with Crippen LogP contribution in [0.5, 0.6) is 0 Å². The summed E-state index contributed by atoms with van der Waals surface area (Å²) in [6, 6.07) is 8.16. The van der Waals surface area contributed by atoms with Crippen LogP contribution in [0.15, 0.2) is 41.1 Å². The predicted octanol–water partition coefficient (Wildman–Crippen LogP) is 4.76. The maximum atomic E-state index is 12.5. The molecule has 4 nitrogen and oxygen atoms in total. The van der Waals surface area contributed by atoms with Crippen molar-refractivity contribution in [1.29, 1.82) is 0 Å². The van der Waals surface area contributed by atoms with Gasteiger partial charge >= 0.3 is 0 Å². The van der Waals surface area contributed by atoms with Gasteiger partial charge in [0.2, 0.25) is 0 Å². The lowest BCUT2D eigenvalue weighted by Crippen LogP contribution is -2.17. The Labute approximate surface area is 144 Å². The largest absolute Gasteiger partial charge is 0.381 e. The Morgan fingerprint density at radius 3 is 2.74 bits per heavy atom. The van der Waals surface area contributed by atoms with Crippen molar-refractivity contribution in [2.24, 2.45) is 0 Å². The van der Waals surface area contributed by atoms with Crippen molar-refractivity contribution in [3.05, 3.63) is 52.3 Å². The van der Waals surface area contributed by atoms with Crippen molar-refractivity contribution >= 4 is 33.2 Å². The maximum Gasteiger partial charge on any atom is 0.257 e. The average Bonchev–Trinajstić information content (AvgIpc) is 3.03. The first-order chi connectivity index (χ1) is 11.1. The number of aromatic nitrogens is 1. The molecule has 3 rings (SSSR count). The highest BCUT2D eigenvalue weighted by atomic mass is 79.9. The lowest BCUT2D eigenvalue weighted by atomic mass is 10.1. The minimum Gasteiger partial charge on any atom is -0.381 e. The summed E-state index contributed by atoms with van der Waals surface area (Å²) in [4.78, 5) is 16.6. The first-order valence-corrected chi connectivity index (χ1v) is 8.70. The maximum absolute atomic E-state index is 12.5. The Bertz CT molecular complexity index is 711. The van der Waals surface area contributed by atoms with Gasteiger partial charge < -0.3 is 10.6 Å². The molecule has 1 aromatic carbocycles. The van der Waals surface area contributed by atoms with Gasteiger partial charge in [-0.15, -0.1) is 0 Å². The van der Waals surface area contributed by atoms with Crippen LogP contribution in [0, 0.1) is 6.92 Å². The van der Waals surface area contributed by atoms with Gasteiger partial charge in [-0.3, -0.25) is 9.78 Å². The Kier molecular flexibility index (Phi) is 4.96. The van der Waals surface area contributed by atoms with E-state index in [2.05, 4.69) is 31.5 Å². The standard InChI is InChI=1S/C18H20BrN3O/c1-12-8-14(19)6-7-17(12)22-18(23)13-9-16(11-20-10-13)21-15-4-2-3-5-15/h6-11,15,21H,2-5H2,1H3,(H,22,23). The van der Waals surface area contributed by atoms with Crippen molar-refractivity contribution in [3.63, 3.8) is 0 Å². The summed E-state index contributed by atoms with van der Waals surface area (Å²) in [6.45, 7) is 1.97. The summed E-state index contributed by atoms with van der Waals surface area (Å²) < 4.78 is 0.998. The monoisotopic (exact) mass is 373 g/mol. The van der Waals surface area contributed by atoms with Gasteiger partial charge in [0.1, 0.15) is 0 Å². The summed E-state index contributed by atoms with van der Waals surface area (Å²) >= 11 is 3.43. The number of hydrogen-bond acceptors (Lipinski definition) is 3. The van der Waals surface area contributed by atoms with E-state index in [0.29, 0.717) is 11.6 Å². The summed E-state index contributed by atoms with van der Waals surface area (Å²) in [7, 11) is 0. The molecule has 2 N–H and O–H groups in total. The lowest BCUT2D eigenvalue weighted by molar-refractivity contribution is 0.102.